The van der Waals surface area contributed by atoms with Gasteiger partial charge < -0.3 is 5.73 Å². The first-order chi connectivity index (χ1) is 9.30. The molecule has 0 radical (unpaired) electrons. The highest BCUT2D eigenvalue weighted by Gasteiger charge is 2.35. The van der Waals surface area contributed by atoms with Gasteiger partial charge in [-0.3, -0.25) is 0 Å². The molecule has 20 heavy (non-hydrogen) atoms. The molecule has 0 aromatic heterocycles. The topological polar surface area (TPSA) is 27.6 Å². The molecule has 1 atom stereocenters. The molecule has 106 valence electrons. The Kier molecular flexibility index (Phi) is 4.06. The van der Waals surface area contributed by atoms with Gasteiger partial charge in [-0.25, -0.2) is 0 Å². The van der Waals surface area contributed by atoms with Crippen LogP contribution >= 0.6 is 11.6 Å². The first kappa shape index (κ1) is 14.9. The number of benzene rings is 2. The van der Waals surface area contributed by atoms with E-state index in [9.17, 15) is 13.2 Å². The van der Waals surface area contributed by atoms with Crippen molar-refractivity contribution >= 4 is 11.6 Å². The van der Waals surface area contributed by atoms with E-state index >= 15 is 0 Å². The van der Waals surface area contributed by atoms with Crippen molar-refractivity contribution in [3.8, 4) is 0 Å². The first-order valence-electron chi connectivity index (χ1n) is 6.06. The third kappa shape index (κ3) is 2.97. The molecule has 0 heterocycles. The summed E-state index contributed by atoms with van der Waals surface area (Å²) < 4.78 is 38.5. The Morgan fingerprint density at radius 2 is 1.65 bits per heavy atom. The van der Waals surface area contributed by atoms with Gasteiger partial charge in [0.2, 0.25) is 0 Å². The monoisotopic (exact) mass is 300 g/mol. The van der Waals surface area contributed by atoms with Crippen LogP contribution in [0, 0.1) is 6.92 Å². The van der Waals surface area contributed by atoms with Gasteiger partial charge in [-0.15, -0.1) is 0 Å². The Morgan fingerprint density at radius 3 is 2.20 bits per heavy atom. The summed E-state index contributed by atoms with van der Waals surface area (Å²) in [6, 6.07) is 11.0. The lowest BCUT2D eigenvalue weighted by molar-refractivity contribution is -0.411. The average molecular weight is 301 g/mol. The van der Waals surface area contributed by atoms with Crippen molar-refractivity contribution in [3.63, 3.8) is 0 Å². The molecule has 0 bridgehead atoms. The Labute approximate surface area is 120 Å². The molecular weight excluding hydrogens is 287 g/mol. The summed E-state index contributed by atoms with van der Waals surface area (Å²) in [5.41, 5.74) is 5.41. The fourth-order valence-electron chi connectivity index (χ4n) is 2.02. The fourth-order valence-corrected chi connectivity index (χ4v) is 2.38. The number of aryl methyl sites for hydroxylation is 1. The van der Waals surface area contributed by atoms with Gasteiger partial charge in [-0.2, -0.15) is 13.2 Å². The normalized spacial score (nSPS) is 13.3. The zero-order valence-corrected chi connectivity index (χ0v) is 11.6. The number of quaternary nitrogens is 1. The molecule has 5 heteroatoms. The van der Waals surface area contributed by atoms with E-state index in [0.29, 0.717) is 5.56 Å². The second-order valence-corrected chi connectivity index (χ2v) is 5.05. The van der Waals surface area contributed by atoms with Crippen molar-refractivity contribution in [2.75, 3.05) is 0 Å². The van der Waals surface area contributed by atoms with Gasteiger partial charge in [0.05, 0.1) is 10.6 Å². The Balaban J connectivity index is 2.45. The Hall–Kier alpha value is -1.52. The summed E-state index contributed by atoms with van der Waals surface area (Å²) in [7, 11) is 0. The zero-order valence-electron chi connectivity index (χ0n) is 10.8. The summed E-state index contributed by atoms with van der Waals surface area (Å²) in [5, 5.41) is -0.277. The average Bonchev–Trinajstić information content (AvgIpc) is 2.37. The molecule has 0 aliphatic carbocycles. The van der Waals surface area contributed by atoms with Crippen LogP contribution in [0.2, 0.25) is 5.02 Å². The SMILES string of the molecule is Cc1ccc(C([NH3+])c2cccc(C(F)(F)F)c2Cl)cc1. The lowest BCUT2D eigenvalue weighted by Gasteiger charge is -2.15. The van der Waals surface area contributed by atoms with Gasteiger partial charge in [0.25, 0.3) is 0 Å². The van der Waals surface area contributed by atoms with Crippen LogP contribution in [0.3, 0.4) is 0 Å². The highest BCUT2D eigenvalue weighted by molar-refractivity contribution is 6.32. The number of halogens is 4. The quantitative estimate of drug-likeness (QED) is 0.868. The molecule has 0 saturated heterocycles. The van der Waals surface area contributed by atoms with Crippen LogP contribution in [0.4, 0.5) is 13.2 Å². The van der Waals surface area contributed by atoms with Crippen molar-refractivity contribution < 1.29 is 18.9 Å². The number of hydrogen-bond acceptors (Lipinski definition) is 0. The van der Waals surface area contributed by atoms with E-state index < -0.39 is 17.8 Å². The van der Waals surface area contributed by atoms with E-state index in [1.54, 1.807) is 6.07 Å². The fraction of sp³-hybridized carbons (Fsp3) is 0.200. The molecule has 2 aromatic carbocycles. The van der Waals surface area contributed by atoms with Gasteiger partial charge in [0, 0.05) is 11.1 Å². The summed E-state index contributed by atoms with van der Waals surface area (Å²) in [4.78, 5) is 0. The van der Waals surface area contributed by atoms with Crippen molar-refractivity contribution in [2.45, 2.75) is 19.1 Å². The van der Waals surface area contributed by atoms with E-state index in [0.717, 1.165) is 17.2 Å². The summed E-state index contributed by atoms with van der Waals surface area (Å²) in [6.07, 6.45) is -4.46. The number of hydrogen-bond donors (Lipinski definition) is 1. The summed E-state index contributed by atoms with van der Waals surface area (Å²) in [5.74, 6) is 0. The summed E-state index contributed by atoms with van der Waals surface area (Å²) >= 11 is 5.91. The van der Waals surface area contributed by atoms with Crippen LogP contribution < -0.4 is 5.73 Å². The number of alkyl halides is 3. The highest BCUT2D eigenvalue weighted by atomic mass is 35.5. The molecule has 0 aliphatic rings. The standard InChI is InChI=1S/C15H13ClF3N/c1-9-5-7-10(8-6-9)14(20)11-3-2-4-12(13(11)16)15(17,18)19/h2-8,14H,20H2,1H3/p+1. The van der Waals surface area contributed by atoms with E-state index in [-0.39, 0.29) is 5.02 Å². The van der Waals surface area contributed by atoms with E-state index in [1.165, 1.54) is 6.07 Å². The van der Waals surface area contributed by atoms with Crippen molar-refractivity contribution in [1.82, 2.24) is 0 Å². The minimum atomic E-state index is -4.46. The lowest BCUT2D eigenvalue weighted by atomic mass is 9.97. The first-order valence-corrected chi connectivity index (χ1v) is 6.43. The van der Waals surface area contributed by atoms with Crippen LogP contribution in [0.1, 0.15) is 28.3 Å². The minimum Gasteiger partial charge on any atom is -0.348 e. The van der Waals surface area contributed by atoms with Gasteiger partial charge >= 0.3 is 6.18 Å². The van der Waals surface area contributed by atoms with E-state index in [1.807, 2.05) is 31.2 Å². The maximum Gasteiger partial charge on any atom is 0.417 e. The predicted molar refractivity (Wildman–Crippen MR) is 72.4 cm³/mol. The molecule has 3 N–H and O–H groups in total. The molecule has 0 amide bonds. The van der Waals surface area contributed by atoms with Gasteiger partial charge in [0.15, 0.2) is 0 Å². The second-order valence-electron chi connectivity index (χ2n) is 4.67. The van der Waals surface area contributed by atoms with Crippen LogP contribution in [-0.2, 0) is 6.18 Å². The smallest absolute Gasteiger partial charge is 0.348 e. The number of rotatable bonds is 2. The molecule has 0 aliphatic heterocycles. The van der Waals surface area contributed by atoms with Crippen molar-refractivity contribution in [3.05, 3.63) is 69.7 Å². The molecule has 2 aromatic rings. The van der Waals surface area contributed by atoms with Crippen LogP contribution in [-0.4, -0.2) is 0 Å². The van der Waals surface area contributed by atoms with Gasteiger partial charge in [-0.1, -0.05) is 53.6 Å². The Morgan fingerprint density at radius 1 is 1.05 bits per heavy atom. The molecule has 2 rings (SSSR count). The maximum absolute atomic E-state index is 12.8. The molecule has 1 nitrogen and oxygen atoms in total. The molecule has 0 saturated carbocycles. The zero-order chi connectivity index (χ0) is 14.9. The lowest BCUT2D eigenvalue weighted by Crippen LogP contribution is -2.54. The molecule has 0 fully saturated rings. The van der Waals surface area contributed by atoms with E-state index in [4.69, 9.17) is 11.6 Å². The van der Waals surface area contributed by atoms with Crippen molar-refractivity contribution in [1.29, 1.82) is 0 Å². The maximum atomic E-state index is 12.8. The largest absolute Gasteiger partial charge is 0.417 e. The third-order valence-electron chi connectivity index (χ3n) is 3.19. The van der Waals surface area contributed by atoms with Crippen LogP contribution in [0.15, 0.2) is 42.5 Å². The van der Waals surface area contributed by atoms with Crippen molar-refractivity contribution in [2.24, 2.45) is 0 Å². The molecule has 1 unspecified atom stereocenters. The minimum absolute atomic E-state index is 0.277. The second kappa shape index (κ2) is 5.46. The van der Waals surface area contributed by atoms with E-state index in [2.05, 4.69) is 5.73 Å². The van der Waals surface area contributed by atoms with Gasteiger partial charge in [-0.05, 0) is 13.0 Å². The van der Waals surface area contributed by atoms with Crippen LogP contribution in [0.25, 0.3) is 0 Å². The van der Waals surface area contributed by atoms with Crippen LogP contribution in [0.5, 0.6) is 0 Å². The predicted octanol–water partition coefficient (Wildman–Crippen LogP) is 4.00. The Bertz CT molecular complexity index is 606. The van der Waals surface area contributed by atoms with Gasteiger partial charge in [0.1, 0.15) is 6.04 Å². The third-order valence-corrected chi connectivity index (χ3v) is 3.61. The highest BCUT2D eigenvalue weighted by Crippen LogP contribution is 2.38. The summed E-state index contributed by atoms with van der Waals surface area (Å²) in [6.45, 7) is 1.94. The molecular formula is C15H14ClF3N+. The molecule has 0 spiro atoms.